The summed E-state index contributed by atoms with van der Waals surface area (Å²) in [6, 6.07) is 16.2. The molecule has 29 heavy (non-hydrogen) atoms. The number of benzene rings is 2. The number of carbonyl (C=O) groups excluding carboxylic acids is 1. The van der Waals surface area contributed by atoms with Crippen LogP contribution in [0, 0.1) is 0 Å². The van der Waals surface area contributed by atoms with Gasteiger partial charge in [-0.25, -0.2) is 0 Å². The normalized spacial score (nSPS) is 10.4. The number of aryl methyl sites for hydroxylation is 1. The van der Waals surface area contributed by atoms with Crippen LogP contribution in [0.3, 0.4) is 0 Å². The molecule has 0 saturated carbocycles. The number of nitrogens with zero attached hydrogens (tertiary/aromatic N) is 1. The molecule has 0 atom stereocenters. The molecule has 1 heterocycles. The highest BCUT2D eigenvalue weighted by atomic mass is 16.5. The molecule has 0 radical (unpaired) electrons. The van der Waals surface area contributed by atoms with Crippen LogP contribution in [0.25, 0.3) is 0 Å². The molecule has 3 aromatic rings. The van der Waals surface area contributed by atoms with Gasteiger partial charge in [0, 0.05) is 18.0 Å². The van der Waals surface area contributed by atoms with Gasteiger partial charge in [0.05, 0.1) is 20.8 Å². The smallest absolute Gasteiger partial charge is 0.263 e. The first-order valence-electron chi connectivity index (χ1n) is 9.36. The van der Waals surface area contributed by atoms with Crippen molar-refractivity contribution in [2.24, 2.45) is 0 Å². The fourth-order valence-electron chi connectivity index (χ4n) is 3.13. The zero-order valence-electron chi connectivity index (χ0n) is 16.8. The summed E-state index contributed by atoms with van der Waals surface area (Å²) in [5.74, 6) is 0.850. The SMILES string of the molecule is CCc1ccccc1NC(=O)c1cccn(Cc2cc(OC)cc(OC)c2)c1=O. The van der Waals surface area contributed by atoms with Gasteiger partial charge in [-0.3, -0.25) is 9.59 Å². The molecule has 1 aromatic heterocycles. The van der Waals surface area contributed by atoms with E-state index < -0.39 is 5.91 Å². The maximum Gasteiger partial charge on any atom is 0.263 e. The third kappa shape index (κ3) is 4.66. The largest absolute Gasteiger partial charge is 0.497 e. The summed E-state index contributed by atoms with van der Waals surface area (Å²) in [7, 11) is 3.15. The number of nitrogens with one attached hydrogen (secondary N) is 1. The number of aromatic nitrogens is 1. The van der Waals surface area contributed by atoms with E-state index in [0.29, 0.717) is 23.7 Å². The number of methoxy groups -OCH3 is 2. The van der Waals surface area contributed by atoms with Gasteiger partial charge in [-0.05, 0) is 47.9 Å². The molecule has 0 aliphatic carbocycles. The second-order valence-corrected chi connectivity index (χ2v) is 6.54. The van der Waals surface area contributed by atoms with Crippen molar-refractivity contribution in [3.05, 3.63) is 87.8 Å². The third-order valence-corrected chi connectivity index (χ3v) is 4.68. The second-order valence-electron chi connectivity index (χ2n) is 6.54. The molecule has 0 aliphatic rings. The van der Waals surface area contributed by atoms with E-state index in [0.717, 1.165) is 17.5 Å². The van der Waals surface area contributed by atoms with Gasteiger partial charge in [0.1, 0.15) is 17.1 Å². The molecule has 150 valence electrons. The number of amides is 1. The van der Waals surface area contributed by atoms with Crippen molar-refractivity contribution in [2.75, 3.05) is 19.5 Å². The van der Waals surface area contributed by atoms with E-state index in [9.17, 15) is 9.59 Å². The summed E-state index contributed by atoms with van der Waals surface area (Å²) in [6.45, 7) is 2.31. The lowest BCUT2D eigenvalue weighted by Gasteiger charge is -2.12. The van der Waals surface area contributed by atoms with Crippen molar-refractivity contribution in [3.63, 3.8) is 0 Å². The molecule has 0 saturated heterocycles. The number of carbonyl (C=O) groups is 1. The van der Waals surface area contributed by atoms with E-state index >= 15 is 0 Å². The fourth-order valence-corrected chi connectivity index (χ4v) is 3.13. The average Bonchev–Trinajstić information content (AvgIpc) is 2.75. The number of ether oxygens (including phenoxy) is 2. The van der Waals surface area contributed by atoms with Crippen molar-refractivity contribution in [2.45, 2.75) is 19.9 Å². The molecule has 0 spiro atoms. The Hall–Kier alpha value is -3.54. The van der Waals surface area contributed by atoms with Crippen LogP contribution < -0.4 is 20.3 Å². The lowest BCUT2D eigenvalue weighted by atomic mass is 10.1. The number of para-hydroxylation sites is 1. The van der Waals surface area contributed by atoms with E-state index in [-0.39, 0.29) is 11.1 Å². The Balaban J connectivity index is 1.88. The zero-order valence-corrected chi connectivity index (χ0v) is 16.8. The number of hydrogen-bond acceptors (Lipinski definition) is 4. The van der Waals surface area contributed by atoms with Gasteiger partial charge in [0.25, 0.3) is 11.5 Å². The summed E-state index contributed by atoms with van der Waals surface area (Å²) >= 11 is 0. The topological polar surface area (TPSA) is 69.6 Å². The standard InChI is InChI=1S/C23H24N2O4/c1-4-17-8-5-6-10-21(17)24-22(26)20-9-7-11-25(23(20)27)15-16-12-18(28-2)14-19(13-16)29-3/h5-14H,4,15H2,1-3H3,(H,24,26). The van der Waals surface area contributed by atoms with Gasteiger partial charge >= 0.3 is 0 Å². The van der Waals surface area contributed by atoms with Crippen molar-refractivity contribution >= 4 is 11.6 Å². The molecule has 6 nitrogen and oxygen atoms in total. The second kappa shape index (κ2) is 9.10. The van der Waals surface area contributed by atoms with Crippen LogP contribution in [-0.2, 0) is 13.0 Å². The van der Waals surface area contributed by atoms with E-state index in [1.807, 2.05) is 43.3 Å². The molecule has 6 heteroatoms. The highest BCUT2D eigenvalue weighted by Gasteiger charge is 2.14. The number of hydrogen-bond donors (Lipinski definition) is 1. The van der Waals surface area contributed by atoms with Crippen molar-refractivity contribution in [1.82, 2.24) is 4.57 Å². The Morgan fingerprint density at radius 3 is 2.34 bits per heavy atom. The first-order chi connectivity index (χ1) is 14.0. The van der Waals surface area contributed by atoms with Gasteiger partial charge in [0.2, 0.25) is 0 Å². The van der Waals surface area contributed by atoms with Crippen LogP contribution in [-0.4, -0.2) is 24.7 Å². The number of anilines is 1. The van der Waals surface area contributed by atoms with E-state index in [1.54, 1.807) is 32.5 Å². The van der Waals surface area contributed by atoms with Gasteiger partial charge in [-0.15, -0.1) is 0 Å². The first kappa shape index (κ1) is 20.2. The van der Waals surface area contributed by atoms with E-state index in [1.165, 1.54) is 10.6 Å². The first-order valence-corrected chi connectivity index (χ1v) is 9.36. The zero-order chi connectivity index (χ0) is 20.8. The minimum atomic E-state index is -0.423. The van der Waals surface area contributed by atoms with Crippen LogP contribution in [0.4, 0.5) is 5.69 Å². The molecule has 0 unspecified atom stereocenters. The number of pyridine rings is 1. The highest BCUT2D eigenvalue weighted by Crippen LogP contribution is 2.23. The van der Waals surface area contributed by atoms with Crippen LogP contribution in [0.2, 0.25) is 0 Å². The molecular weight excluding hydrogens is 368 g/mol. The van der Waals surface area contributed by atoms with Crippen LogP contribution in [0.15, 0.2) is 65.6 Å². The molecule has 0 fully saturated rings. The number of rotatable bonds is 7. The summed E-state index contributed by atoms with van der Waals surface area (Å²) in [5, 5.41) is 2.85. The highest BCUT2D eigenvalue weighted by molar-refractivity contribution is 6.04. The predicted molar refractivity (Wildman–Crippen MR) is 113 cm³/mol. The molecule has 1 N–H and O–H groups in total. The van der Waals surface area contributed by atoms with Gasteiger partial charge in [-0.2, -0.15) is 0 Å². The van der Waals surface area contributed by atoms with Gasteiger partial charge in [0.15, 0.2) is 0 Å². The quantitative estimate of drug-likeness (QED) is 0.665. The Kier molecular flexibility index (Phi) is 6.34. The summed E-state index contributed by atoms with van der Waals surface area (Å²) in [6.07, 6.45) is 2.44. The molecule has 0 bridgehead atoms. The minimum absolute atomic E-state index is 0.0910. The Morgan fingerprint density at radius 2 is 1.69 bits per heavy atom. The minimum Gasteiger partial charge on any atom is -0.497 e. The molecular formula is C23H24N2O4. The van der Waals surface area contributed by atoms with E-state index in [4.69, 9.17) is 9.47 Å². The monoisotopic (exact) mass is 392 g/mol. The molecule has 1 amide bonds. The van der Waals surface area contributed by atoms with Crippen LogP contribution in [0.1, 0.15) is 28.4 Å². The molecule has 0 aliphatic heterocycles. The van der Waals surface area contributed by atoms with Crippen molar-refractivity contribution < 1.29 is 14.3 Å². The average molecular weight is 392 g/mol. The van der Waals surface area contributed by atoms with Crippen LogP contribution >= 0.6 is 0 Å². The third-order valence-electron chi connectivity index (χ3n) is 4.68. The Bertz CT molecular complexity index is 1050. The van der Waals surface area contributed by atoms with Crippen LogP contribution in [0.5, 0.6) is 11.5 Å². The summed E-state index contributed by atoms with van der Waals surface area (Å²) < 4.78 is 12.1. The lowest BCUT2D eigenvalue weighted by molar-refractivity contribution is 0.102. The van der Waals surface area contributed by atoms with Crippen molar-refractivity contribution in [3.8, 4) is 11.5 Å². The van der Waals surface area contributed by atoms with Gasteiger partial charge in [-0.1, -0.05) is 25.1 Å². The molecule has 2 aromatic carbocycles. The van der Waals surface area contributed by atoms with Gasteiger partial charge < -0.3 is 19.4 Å². The Morgan fingerprint density at radius 1 is 1.00 bits per heavy atom. The molecule has 3 rings (SSSR count). The predicted octanol–water partition coefficient (Wildman–Crippen LogP) is 3.73. The van der Waals surface area contributed by atoms with Crippen molar-refractivity contribution in [1.29, 1.82) is 0 Å². The summed E-state index contributed by atoms with van der Waals surface area (Å²) in [4.78, 5) is 25.7. The lowest BCUT2D eigenvalue weighted by Crippen LogP contribution is -2.29. The van der Waals surface area contributed by atoms with E-state index in [2.05, 4.69) is 5.32 Å². The Labute approximate surface area is 169 Å². The summed E-state index contributed by atoms with van der Waals surface area (Å²) in [5.41, 5.74) is 2.29. The maximum absolute atomic E-state index is 12.9. The fraction of sp³-hybridized carbons (Fsp3) is 0.217. The maximum atomic E-state index is 12.9.